The molecule has 2 rings (SSSR count). The molecule has 0 spiro atoms. The van der Waals surface area contributed by atoms with Gasteiger partial charge in [0.15, 0.2) is 11.5 Å². The monoisotopic (exact) mass is 440 g/mol. The minimum Gasteiger partial charge on any atom is -0.493 e. The van der Waals surface area contributed by atoms with Gasteiger partial charge in [-0.2, -0.15) is 0 Å². The maximum absolute atomic E-state index is 13.4. The van der Waals surface area contributed by atoms with Gasteiger partial charge in [-0.25, -0.2) is 0 Å². The highest BCUT2D eigenvalue weighted by atomic mass is 16.5. The van der Waals surface area contributed by atoms with E-state index in [9.17, 15) is 9.59 Å². The number of carbonyl (C=O) groups is 2. The number of rotatable bonds is 10. The number of aryl methyl sites for hydroxylation is 1. The van der Waals surface area contributed by atoms with Gasteiger partial charge >= 0.3 is 0 Å². The Kier molecular flexibility index (Phi) is 9.12. The van der Waals surface area contributed by atoms with Crippen molar-refractivity contribution in [1.29, 1.82) is 0 Å². The summed E-state index contributed by atoms with van der Waals surface area (Å²) in [5.41, 5.74) is 1.60. The van der Waals surface area contributed by atoms with Crippen LogP contribution >= 0.6 is 0 Å². The third-order valence-corrected chi connectivity index (χ3v) is 5.16. The molecule has 1 N–H and O–H groups in total. The Bertz CT molecular complexity index is 890. The van der Waals surface area contributed by atoms with Crippen LogP contribution in [0.1, 0.15) is 51.7 Å². The molecule has 0 bridgehead atoms. The number of benzene rings is 2. The Balaban J connectivity index is 2.22. The second kappa shape index (κ2) is 11.6. The van der Waals surface area contributed by atoms with E-state index in [4.69, 9.17) is 9.47 Å². The molecule has 0 aromatic heterocycles. The molecule has 0 fully saturated rings. The van der Waals surface area contributed by atoms with Gasteiger partial charge in [0.2, 0.25) is 11.8 Å². The van der Waals surface area contributed by atoms with E-state index in [2.05, 4.69) is 5.32 Å². The largest absolute Gasteiger partial charge is 0.493 e. The van der Waals surface area contributed by atoms with E-state index >= 15 is 0 Å². The summed E-state index contributed by atoms with van der Waals surface area (Å²) < 4.78 is 10.7. The van der Waals surface area contributed by atoms with Crippen LogP contribution in [0.3, 0.4) is 0 Å². The van der Waals surface area contributed by atoms with Crippen molar-refractivity contribution in [3.63, 3.8) is 0 Å². The second-order valence-electron chi connectivity index (χ2n) is 8.86. The summed E-state index contributed by atoms with van der Waals surface area (Å²) in [6, 6.07) is 14.9. The lowest BCUT2D eigenvalue weighted by Crippen LogP contribution is -2.53. The summed E-state index contributed by atoms with van der Waals surface area (Å²) in [4.78, 5) is 28.1. The third kappa shape index (κ3) is 7.29. The Hall–Kier alpha value is -3.02. The Morgan fingerprint density at radius 2 is 1.62 bits per heavy atom. The zero-order chi connectivity index (χ0) is 23.7. The molecule has 32 heavy (non-hydrogen) atoms. The predicted octanol–water partition coefficient (Wildman–Crippen LogP) is 4.36. The van der Waals surface area contributed by atoms with E-state index in [0.29, 0.717) is 37.3 Å². The van der Waals surface area contributed by atoms with Crippen LogP contribution in [0.2, 0.25) is 0 Å². The van der Waals surface area contributed by atoms with Crippen LogP contribution in [0.4, 0.5) is 0 Å². The van der Waals surface area contributed by atoms with Crippen molar-refractivity contribution < 1.29 is 19.1 Å². The molecule has 0 aliphatic carbocycles. The molecule has 2 aromatic carbocycles. The molecule has 0 aliphatic rings. The average Bonchev–Trinajstić information content (AvgIpc) is 2.76. The Morgan fingerprint density at radius 3 is 2.19 bits per heavy atom. The Labute approximate surface area is 191 Å². The zero-order valence-corrected chi connectivity index (χ0v) is 20.1. The number of nitrogens with one attached hydrogen (secondary N) is 1. The third-order valence-electron chi connectivity index (χ3n) is 5.16. The van der Waals surface area contributed by atoms with Gasteiger partial charge < -0.3 is 19.7 Å². The maximum Gasteiger partial charge on any atom is 0.243 e. The number of nitrogens with zero attached hydrogens (tertiary/aromatic N) is 1. The molecule has 0 saturated heterocycles. The minimum absolute atomic E-state index is 0.0560. The summed E-state index contributed by atoms with van der Waals surface area (Å²) in [5, 5.41) is 3.03. The van der Waals surface area contributed by atoms with E-state index in [0.717, 1.165) is 11.1 Å². The molecule has 0 radical (unpaired) electrons. The fourth-order valence-corrected chi connectivity index (χ4v) is 3.58. The molecule has 0 heterocycles. The van der Waals surface area contributed by atoms with Crippen LogP contribution in [0.5, 0.6) is 11.5 Å². The van der Waals surface area contributed by atoms with Crippen LogP contribution in [0, 0.1) is 0 Å². The quantitative estimate of drug-likeness (QED) is 0.596. The van der Waals surface area contributed by atoms with Crippen molar-refractivity contribution in [3.05, 3.63) is 59.7 Å². The normalized spacial score (nSPS) is 12.1. The zero-order valence-electron chi connectivity index (χ0n) is 20.1. The lowest BCUT2D eigenvalue weighted by Gasteiger charge is -2.33. The van der Waals surface area contributed by atoms with E-state index in [-0.39, 0.29) is 17.4 Å². The van der Waals surface area contributed by atoms with Gasteiger partial charge in [0, 0.05) is 18.5 Å². The standard InChI is InChI=1S/C26H36N2O4/c1-7-21(25(30)27-26(2,3)4)28(18-20-11-9-8-10-12-20)24(29)16-14-19-13-15-22(31-5)23(17-19)32-6/h8-13,15,17,21H,7,14,16,18H2,1-6H3,(H,27,30)/t21-/m0/s1. The Morgan fingerprint density at radius 1 is 0.969 bits per heavy atom. The van der Waals surface area contributed by atoms with E-state index < -0.39 is 6.04 Å². The SMILES string of the molecule is CC[C@@H](C(=O)NC(C)(C)C)N(Cc1ccccc1)C(=O)CCc1ccc(OC)c(OC)c1. The van der Waals surface area contributed by atoms with Crippen LogP contribution in [0.15, 0.2) is 48.5 Å². The van der Waals surface area contributed by atoms with E-state index in [1.807, 2.05) is 76.2 Å². The number of hydrogen-bond acceptors (Lipinski definition) is 4. The van der Waals surface area contributed by atoms with Gasteiger partial charge in [0.25, 0.3) is 0 Å². The summed E-state index contributed by atoms with van der Waals surface area (Å²) in [6.45, 7) is 8.16. The van der Waals surface area contributed by atoms with Crippen molar-refractivity contribution in [2.24, 2.45) is 0 Å². The highest BCUT2D eigenvalue weighted by Crippen LogP contribution is 2.28. The van der Waals surface area contributed by atoms with Crippen LogP contribution in [0.25, 0.3) is 0 Å². The topological polar surface area (TPSA) is 67.9 Å². The average molecular weight is 441 g/mol. The second-order valence-corrected chi connectivity index (χ2v) is 8.86. The molecular formula is C26H36N2O4. The van der Waals surface area contributed by atoms with Gasteiger partial charge in [-0.1, -0.05) is 43.3 Å². The van der Waals surface area contributed by atoms with Crippen LogP contribution < -0.4 is 14.8 Å². The number of ether oxygens (including phenoxy) is 2. The van der Waals surface area contributed by atoms with E-state index in [1.165, 1.54) is 0 Å². The van der Waals surface area contributed by atoms with Crippen LogP contribution in [-0.2, 0) is 22.6 Å². The summed E-state index contributed by atoms with van der Waals surface area (Å²) in [5.74, 6) is 1.10. The lowest BCUT2D eigenvalue weighted by atomic mass is 10.0. The van der Waals surface area contributed by atoms with Crippen molar-refractivity contribution in [3.8, 4) is 11.5 Å². The van der Waals surface area contributed by atoms with E-state index in [1.54, 1.807) is 19.1 Å². The van der Waals surface area contributed by atoms with Gasteiger partial charge in [-0.3, -0.25) is 9.59 Å². The minimum atomic E-state index is -0.535. The van der Waals surface area contributed by atoms with Gasteiger partial charge in [-0.05, 0) is 56.9 Å². The molecule has 0 saturated carbocycles. The molecule has 0 unspecified atom stereocenters. The summed E-state index contributed by atoms with van der Waals surface area (Å²) >= 11 is 0. The van der Waals surface area contributed by atoms with Gasteiger partial charge in [0.1, 0.15) is 6.04 Å². The summed E-state index contributed by atoms with van der Waals surface area (Å²) in [7, 11) is 3.18. The number of methoxy groups -OCH3 is 2. The van der Waals surface area contributed by atoms with Gasteiger partial charge in [-0.15, -0.1) is 0 Å². The first kappa shape index (κ1) is 25.2. The first-order chi connectivity index (χ1) is 15.2. The van der Waals surface area contributed by atoms with Gasteiger partial charge in [0.05, 0.1) is 14.2 Å². The molecule has 174 valence electrons. The summed E-state index contributed by atoms with van der Waals surface area (Å²) in [6.07, 6.45) is 1.38. The predicted molar refractivity (Wildman–Crippen MR) is 127 cm³/mol. The highest BCUT2D eigenvalue weighted by Gasteiger charge is 2.30. The molecule has 6 heteroatoms. The first-order valence-corrected chi connectivity index (χ1v) is 11.0. The van der Waals surface area contributed by atoms with Crippen molar-refractivity contribution in [2.45, 2.75) is 65.1 Å². The van der Waals surface area contributed by atoms with Crippen molar-refractivity contribution in [1.82, 2.24) is 10.2 Å². The fraction of sp³-hybridized carbons (Fsp3) is 0.462. The molecule has 2 aromatic rings. The molecule has 2 amide bonds. The lowest BCUT2D eigenvalue weighted by molar-refractivity contribution is -0.142. The first-order valence-electron chi connectivity index (χ1n) is 11.0. The molecule has 1 atom stereocenters. The van der Waals surface area contributed by atoms with Crippen LogP contribution in [-0.4, -0.2) is 42.5 Å². The van der Waals surface area contributed by atoms with Crippen molar-refractivity contribution >= 4 is 11.8 Å². The molecule has 0 aliphatic heterocycles. The molecular weight excluding hydrogens is 404 g/mol. The fourth-order valence-electron chi connectivity index (χ4n) is 3.58. The number of hydrogen-bond donors (Lipinski definition) is 1. The highest BCUT2D eigenvalue weighted by molar-refractivity contribution is 5.88. The van der Waals surface area contributed by atoms with Crippen molar-refractivity contribution in [2.75, 3.05) is 14.2 Å². The number of amides is 2. The number of carbonyl (C=O) groups excluding carboxylic acids is 2. The maximum atomic E-state index is 13.4. The smallest absolute Gasteiger partial charge is 0.243 e. The molecule has 6 nitrogen and oxygen atoms in total.